The van der Waals surface area contributed by atoms with Crippen molar-refractivity contribution in [2.24, 2.45) is 0 Å². The Bertz CT molecular complexity index is 2800. The molecule has 2 aromatic heterocycles. The van der Waals surface area contributed by atoms with Gasteiger partial charge in [-0.3, -0.25) is 0 Å². The van der Waals surface area contributed by atoms with Crippen LogP contribution in [-0.4, -0.2) is 19.5 Å². The molecule has 1 unspecified atom stereocenters. The molecule has 0 bridgehead atoms. The van der Waals surface area contributed by atoms with E-state index in [0.29, 0.717) is 17.5 Å². The van der Waals surface area contributed by atoms with Gasteiger partial charge < -0.3 is 4.57 Å². The van der Waals surface area contributed by atoms with Crippen molar-refractivity contribution >= 4 is 43.8 Å². The van der Waals surface area contributed by atoms with Gasteiger partial charge in [0.25, 0.3) is 0 Å². The van der Waals surface area contributed by atoms with Crippen LogP contribution in [0.2, 0.25) is 0 Å². The second-order valence-electron chi connectivity index (χ2n) is 13.7. The summed E-state index contributed by atoms with van der Waals surface area (Å²) in [7, 11) is 0. The van der Waals surface area contributed by atoms with Gasteiger partial charge in [-0.25, -0.2) is 15.0 Å². The second kappa shape index (κ2) is 13.0. The molecule has 0 radical (unpaired) electrons. The van der Waals surface area contributed by atoms with E-state index in [1.54, 1.807) is 0 Å². The molecule has 0 fully saturated rings. The first kappa shape index (κ1) is 30.9. The number of benzene rings is 7. The van der Waals surface area contributed by atoms with Gasteiger partial charge in [-0.05, 0) is 64.2 Å². The molecule has 250 valence electrons. The highest BCUT2D eigenvalue weighted by molar-refractivity contribution is 6.10. The number of allylic oxidation sites excluding steroid dienone is 4. The molecule has 0 N–H and O–H groups in total. The molecule has 4 nitrogen and oxygen atoms in total. The van der Waals surface area contributed by atoms with Crippen LogP contribution < -0.4 is 0 Å². The van der Waals surface area contributed by atoms with Crippen LogP contribution in [0.4, 0.5) is 0 Å². The standard InChI is InChI=1S/C49H34N4/c1-4-14-33(15-5-1)36-24-25-38-29-39(27-26-37(38)28-36)48-50-47(35-18-8-3-9-19-35)51-49(52-48)41-30-40(34-16-6-2-7-17-34)31-42(32-41)53-45-22-12-10-20-43(45)44-21-11-13-23-46(44)53/h1-30,32,40H,31H2. The maximum atomic E-state index is 5.25. The van der Waals surface area contributed by atoms with Crippen molar-refractivity contribution < 1.29 is 0 Å². The van der Waals surface area contributed by atoms with Gasteiger partial charge in [0, 0.05) is 39.1 Å². The number of nitrogens with zero attached hydrogens (tertiary/aromatic N) is 4. The third-order valence-corrected chi connectivity index (χ3v) is 10.4. The third kappa shape index (κ3) is 5.71. The Hall–Kier alpha value is -6.91. The van der Waals surface area contributed by atoms with Gasteiger partial charge in [-0.15, -0.1) is 0 Å². The molecular formula is C49H34N4. The molecule has 0 amide bonds. The zero-order chi connectivity index (χ0) is 35.1. The monoisotopic (exact) mass is 678 g/mol. The summed E-state index contributed by atoms with van der Waals surface area (Å²) in [5.41, 5.74) is 10.1. The molecule has 9 aromatic rings. The van der Waals surface area contributed by atoms with Gasteiger partial charge in [-0.2, -0.15) is 0 Å². The van der Waals surface area contributed by atoms with Gasteiger partial charge in [-0.1, -0.05) is 158 Å². The first-order valence-electron chi connectivity index (χ1n) is 18.1. The highest BCUT2D eigenvalue weighted by Crippen LogP contribution is 2.41. The lowest BCUT2D eigenvalue weighted by molar-refractivity contribution is 0.837. The molecule has 1 atom stereocenters. The summed E-state index contributed by atoms with van der Waals surface area (Å²) in [4.78, 5) is 15.5. The van der Waals surface area contributed by atoms with E-state index in [1.807, 2.05) is 18.2 Å². The predicted molar refractivity (Wildman–Crippen MR) is 219 cm³/mol. The number of hydrogen-bond donors (Lipinski definition) is 0. The van der Waals surface area contributed by atoms with Crippen molar-refractivity contribution in [2.45, 2.75) is 12.3 Å². The van der Waals surface area contributed by atoms with E-state index in [0.717, 1.165) is 28.5 Å². The topological polar surface area (TPSA) is 43.6 Å². The molecule has 0 spiro atoms. The summed E-state index contributed by atoms with van der Waals surface area (Å²) in [6.07, 6.45) is 5.47. The van der Waals surface area contributed by atoms with Gasteiger partial charge in [0.1, 0.15) is 0 Å². The van der Waals surface area contributed by atoms with E-state index in [4.69, 9.17) is 15.0 Å². The summed E-state index contributed by atoms with van der Waals surface area (Å²) >= 11 is 0. The van der Waals surface area contributed by atoms with Crippen molar-refractivity contribution in [3.8, 4) is 33.9 Å². The van der Waals surface area contributed by atoms with Crippen LogP contribution in [0.15, 0.2) is 188 Å². The van der Waals surface area contributed by atoms with Gasteiger partial charge in [0.15, 0.2) is 17.5 Å². The summed E-state index contributed by atoms with van der Waals surface area (Å²) < 4.78 is 2.43. The largest absolute Gasteiger partial charge is 0.313 e. The molecule has 7 aromatic carbocycles. The summed E-state index contributed by atoms with van der Waals surface area (Å²) in [6.45, 7) is 0. The Morgan fingerprint density at radius 3 is 1.60 bits per heavy atom. The van der Waals surface area contributed by atoms with Crippen molar-refractivity contribution in [3.05, 3.63) is 199 Å². The van der Waals surface area contributed by atoms with E-state index >= 15 is 0 Å². The maximum absolute atomic E-state index is 5.25. The number of fused-ring (bicyclic) bond motifs is 4. The molecule has 10 rings (SSSR count). The van der Waals surface area contributed by atoms with E-state index in [1.165, 1.54) is 49.6 Å². The van der Waals surface area contributed by atoms with Crippen LogP contribution in [0.25, 0.3) is 77.8 Å². The Labute approximate surface area is 308 Å². The Morgan fingerprint density at radius 1 is 0.434 bits per heavy atom. The van der Waals surface area contributed by atoms with Crippen molar-refractivity contribution in [1.29, 1.82) is 0 Å². The molecular weight excluding hydrogens is 645 g/mol. The van der Waals surface area contributed by atoms with Crippen molar-refractivity contribution in [1.82, 2.24) is 19.5 Å². The highest BCUT2D eigenvalue weighted by atomic mass is 15.0. The predicted octanol–water partition coefficient (Wildman–Crippen LogP) is 12.2. The van der Waals surface area contributed by atoms with E-state index in [-0.39, 0.29) is 5.92 Å². The fourth-order valence-corrected chi connectivity index (χ4v) is 7.77. The Morgan fingerprint density at radius 2 is 0.943 bits per heavy atom. The summed E-state index contributed by atoms with van der Waals surface area (Å²) in [6, 6.07) is 62.0. The molecule has 4 heteroatoms. The zero-order valence-electron chi connectivity index (χ0n) is 29.0. The number of hydrogen-bond acceptors (Lipinski definition) is 3. The minimum Gasteiger partial charge on any atom is -0.313 e. The summed E-state index contributed by atoms with van der Waals surface area (Å²) in [5.74, 6) is 2.09. The maximum Gasteiger partial charge on any atom is 0.164 e. The SMILES string of the molecule is C1=C(c2nc(-c3ccccc3)nc(-c3ccc4cc(-c5ccccc5)ccc4c3)n2)C=C(n2c3ccccc3c3ccccc32)CC1c1ccccc1. The minimum atomic E-state index is 0.131. The molecule has 1 aliphatic carbocycles. The summed E-state index contributed by atoms with van der Waals surface area (Å²) in [5, 5.41) is 4.81. The number of aromatic nitrogens is 4. The number of rotatable bonds is 6. The first-order valence-corrected chi connectivity index (χ1v) is 18.1. The molecule has 1 aliphatic rings. The molecule has 0 saturated heterocycles. The average molecular weight is 679 g/mol. The van der Waals surface area contributed by atoms with Gasteiger partial charge in [0.05, 0.1) is 11.0 Å². The molecule has 0 aliphatic heterocycles. The van der Waals surface area contributed by atoms with Crippen LogP contribution in [0.5, 0.6) is 0 Å². The number of para-hydroxylation sites is 2. The van der Waals surface area contributed by atoms with Crippen LogP contribution >= 0.6 is 0 Å². The highest BCUT2D eigenvalue weighted by Gasteiger charge is 2.24. The lowest BCUT2D eigenvalue weighted by Crippen LogP contribution is -2.10. The fourth-order valence-electron chi connectivity index (χ4n) is 7.77. The quantitative estimate of drug-likeness (QED) is 0.176. The van der Waals surface area contributed by atoms with Crippen LogP contribution in [0.3, 0.4) is 0 Å². The molecule has 0 saturated carbocycles. The van der Waals surface area contributed by atoms with Gasteiger partial charge in [0.2, 0.25) is 0 Å². The second-order valence-corrected chi connectivity index (χ2v) is 13.7. The lowest BCUT2D eigenvalue weighted by Gasteiger charge is -2.24. The van der Waals surface area contributed by atoms with E-state index in [9.17, 15) is 0 Å². The van der Waals surface area contributed by atoms with Crippen LogP contribution in [0, 0.1) is 0 Å². The lowest BCUT2D eigenvalue weighted by atomic mass is 9.87. The Kier molecular flexibility index (Phi) is 7.58. The average Bonchev–Trinajstić information content (AvgIpc) is 3.58. The Balaban J connectivity index is 1.15. The van der Waals surface area contributed by atoms with E-state index < -0.39 is 0 Å². The van der Waals surface area contributed by atoms with Crippen LogP contribution in [0.1, 0.15) is 23.7 Å². The molecule has 53 heavy (non-hydrogen) atoms. The normalized spacial score (nSPS) is 14.4. The van der Waals surface area contributed by atoms with E-state index in [2.05, 4.69) is 174 Å². The van der Waals surface area contributed by atoms with Crippen LogP contribution in [-0.2, 0) is 0 Å². The smallest absolute Gasteiger partial charge is 0.164 e. The van der Waals surface area contributed by atoms with Crippen molar-refractivity contribution in [3.63, 3.8) is 0 Å². The van der Waals surface area contributed by atoms with Gasteiger partial charge >= 0.3 is 0 Å². The molecule has 2 heterocycles. The third-order valence-electron chi connectivity index (χ3n) is 10.4. The van der Waals surface area contributed by atoms with Crippen molar-refractivity contribution in [2.75, 3.05) is 0 Å². The first-order chi connectivity index (χ1) is 26.2. The fraction of sp³-hybridized carbons (Fsp3) is 0.0408. The minimum absolute atomic E-state index is 0.131. The zero-order valence-corrected chi connectivity index (χ0v) is 29.0.